The molecule has 3 aromatic rings. The van der Waals surface area contributed by atoms with Crippen LogP contribution in [0.5, 0.6) is 0 Å². The van der Waals surface area contributed by atoms with Gasteiger partial charge in [-0.3, -0.25) is 4.79 Å². The van der Waals surface area contributed by atoms with E-state index < -0.39 is 21.9 Å². The molecule has 0 spiro atoms. The number of amides is 1. The average Bonchev–Trinajstić information content (AvgIpc) is 3.14. The molecule has 0 bridgehead atoms. The van der Waals surface area contributed by atoms with Crippen LogP contribution in [0, 0.1) is 12.7 Å². The lowest BCUT2D eigenvalue weighted by molar-refractivity contribution is -0.00191. The van der Waals surface area contributed by atoms with E-state index in [-0.39, 0.29) is 36.1 Å². The average molecular weight is 449 g/mol. The van der Waals surface area contributed by atoms with Gasteiger partial charge < -0.3 is 10.1 Å². The molecular weight excluding hydrogens is 427 g/mol. The maximum absolute atomic E-state index is 13.6. The van der Waals surface area contributed by atoms with E-state index in [1.807, 2.05) is 24.3 Å². The van der Waals surface area contributed by atoms with Crippen LogP contribution in [0.4, 0.5) is 4.39 Å². The highest BCUT2D eigenvalue weighted by Gasteiger charge is 2.35. The van der Waals surface area contributed by atoms with E-state index >= 15 is 0 Å². The number of morpholine rings is 1. The molecule has 2 aromatic carbocycles. The second-order valence-corrected chi connectivity index (χ2v) is 10.0. The van der Waals surface area contributed by atoms with Crippen molar-refractivity contribution >= 4 is 37.4 Å². The first kappa shape index (κ1) is 20.9. The van der Waals surface area contributed by atoms with E-state index in [0.29, 0.717) is 10.4 Å². The van der Waals surface area contributed by atoms with E-state index in [4.69, 9.17) is 4.74 Å². The first-order valence-electron chi connectivity index (χ1n) is 9.44. The van der Waals surface area contributed by atoms with Gasteiger partial charge in [0, 0.05) is 30.4 Å². The first-order valence-corrected chi connectivity index (χ1v) is 11.7. The second-order valence-electron chi connectivity index (χ2n) is 7.05. The van der Waals surface area contributed by atoms with Gasteiger partial charge in [0.05, 0.1) is 22.5 Å². The molecule has 0 aliphatic carbocycles. The number of hydrogen-bond donors (Lipinski definition) is 1. The summed E-state index contributed by atoms with van der Waals surface area (Å²) in [7, 11) is -2.27. The minimum Gasteiger partial charge on any atom is -0.371 e. The van der Waals surface area contributed by atoms with E-state index in [1.54, 1.807) is 7.05 Å². The van der Waals surface area contributed by atoms with Gasteiger partial charge >= 0.3 is 0 Å². The molecule has 1 unspecified atom stereocenters. The summed E-state index contributed by atoms with van der Waals surface area (Å²) in [5.41, 5.74) is 0.969. The van der Waals surface area contributed by atoms with Crippen molar-refractivity contribution in [3.8, 4) is 0 Å². The molecule has 2 heterocycles. The van der Waals surface area contributed by atoms with Crippen molar-refractivity contribution in [2.24, 2.45) is 0 Å². The number of hydrogen-bond acceptors (Lipinski definition) is 5. The molecule has 9 heteroatoms. The van der Waals surface area contributed by atoms with Crippen molar-refractivity contribution in [1.82, 2.24) is 9.62 Å². The van der Waals surface area contributed by atoms with Gasteiger partial charge in [0.25, 0.3) is 5.91 Å². The van der Waals surface area contributed by atoms with Gasteiger partial charge in [0.2, 0.25) is 10.0 Å². The lowest BCUT2D eigenvalue weighted by Crippen LogP contribution is -2.42. The molecule has 1 saturated heterocycles. The maximum atomic E-state index is 13.6. The van der Waals surface area contributed by atoms with Gasteiger partial charge in [0.15, 0.2) is 0 Å². The zero-order valence-electron chi connectivity index (χ0n) is 16.5. The fourth-order valence-corrected chi connectivity index (χ4v) is 6.32. The lowest BCUT2D eigenvalue weighted by atomic mass is 10.0. The molecule has 0 saturated carbocycles. The number of sulfonamides is 1. The van der Waals surface area contributed by atoms with Gasteiger partial charge in [0.1, 0.15) is 5.82 Å². The topological polar surface area (TPSA) is 75.7 Å². The van der Waals surface area contributed by atoms with E-state index in [1.165, 1.54) is 34.7 Å². The minimum atomic E-state index is -3.83. The predicted molar refractivity (Wildman–Crippen MR) is 114 cm³/mol. The number of aryl methyl sites for hydroxylation is 1. The highest BCUT2D eigenvalue weighted by atomic mass is 32.2. The smallest absolute Gasteiger partial charge is 0.261 e. The largest absolute Gasteiger partial charge is 0.371 e. The van der Waals surface area contributed by atoms with Crippen LogP contribution in [0.1, 0.15) is 26.9 Å². The Labute approximate surface area is 178 Å². The predicted octanol–water partition coefficient (Wildman–Crippen LogP) is 3.47. The van der Waals surface area contributed by atoms with Crippen LogP contribution in [-0.4, -0.2) is 45.4 Å². The van der Waals surface area contributed by atoms with Crippen molar-refractivity contribution in [3.05, 3.63) is 64.3 Å². The number of ether oxygens (including phenoxy) is 1. The Hall–Kier alpha value is -2.33. The van der Waals surface area contributed by atoms with Crippen LogP contribution in [0.3, 0.4) is 0 Å². The number of carbonyl (C=O) groups is 1. The van der Waals surface area contributed by atoms with Crippen molar-refractivity contribution in [1.29, 1.82) is 0 Å². The standard InChI is InChI=1S/C21H21FN2O4S2/c1-13-11-14(7-8-16(13)22)30(26,27)24-9-10-28-17(12-24)19-15-5-3-4-6-18(15)29-20(19)21(25)23-2/h3-8,11,17H,9-10,12H2,1-2H3,(H,23,25). The summed E-state index contributed by atoms with van der Waals surface area (Å²) in [5, 5.41) is 3.53. The van der Waals surface area contributed by atoms with Gasteiger partial charge in [-0.1, -0.05) is 18.2 Å². The van der Waals surface area contributed by atoms with Crippen molar-refractivity contribution in [2.75, 3.05) is 26.7 Å². The third-order valence-electron chi connectivity index (χ3n) is 5.19. The van der Waals surface area contributed by atoms with Gasteiger partial charge in [-0.2, -0.15) is 4.31 Å². The molecule has 1 N–H and O–H groups in total. The first-order chi connectivity index (χ1) is 14.3. The Kier molecular flexibility index (Phi) is 5.63. The fraction of sp³-hybridized carbons (Fsp3) is 0.286. The second kappa shape index (κ2) is 8.07. The molecule has 1 aromatic heterocycles. The summed E-state index contributed by atoms with van der Waals surface area (Å²) in [6.07, 6.45) is -0.585. The maximum Gasteiger partial charge on any atom is 0.261 e. The summed E-state index contributed by atoms with van der Waals surface area (Å²) in [6, 6.07) is 11.4. The molecule has 1 aliphatic rings. The molecule has 1 atom stereocenters. The highest BCUT2D eigenvalue weighted by molar-refractivity contribution is 7.89. The van der Waals surface area contributed by atoms with Crippen LogP contribution in [0.15, 0.2) is 47.4 Å². The number of carbonyl (C=O) groups excluding carboxylic acids is 1. The monoisotopic (exact) mass is 448 g/mol. The fourth-order valence-electron chi connectivity index (χ4n) is 3.61. The van der Waals surface area contributed by atoms with E-state index in [9.17, 15) is 17.6 Å². The molecule has 1 fully saturated rings. The van der Waals surface area contributed by atoms with Gasteiger partial charge in [-0.05, 0) is 42.1 Å². The number of fused-ring (bicyclic) bond motifs is 1. The van der Waals surface area contributed by atoms with Crippen LogP contribution < -0.4 is 5.32 Å². The third kappa shape index (κ3) is 3.62. The molecule has 0 radical (unpaired) electrons. The number of nitrogens with zero attached hydrogens (tertiary/aromatic N) is 1. The summed E-state index contributed by atoms with van der Waals surface area (Å²) in [5.74, 6) is -0.683. The van der Waals surface area contributed by atoms with Crippen LogP contribution in [-0.2, 0) is 14.8 Å². The van der Waals surface area contributed by atoms with Crippen LogP contribution in [0.25, 0.3) is 10.1 Å². The van der Waals surface area contributed by atoms with Gasteiger partial charge in [-0.25, -0.2) is 12.8 Å². The number of nitrogens with one attached hydrogen (secondary N) is 1. The molecule has 30 heavy (non-hydrogen) atoms. The van der Waals surface area contributed by atoms with Crippen molar-refractivity contribution < 1.29 is 22.3 Å². The quantitative estimate of drug-likeness (QED) is 0.663. The Bertz CT molecular complexity index is 1220. The number of thiophene rings is 1. The Morgan fingerprint density at radius 3 is 2.77 bits per heavy atom. The molecule has 158 valence electrons. The minimum absolute atomic E-state index is 0.0451. The highest BCUT2D eigenvalue weighted by Crippen LogP contribution is 2.39. The summed E-state index contributed by atoms with van der Waals surface area (Å²) < 4.78 is 48.2. The summed E-state index contributed by atoms with van der Waals surface area (Å²) in [4.78, 5) is 13.1. The Morgan fingerprint density at radius 1 is 1.27 bits per heavy atom. The van der Waals surface area contributed by atoms with E-state index in [2.05, 4.69) is 5.32 Å². The molecule has 4 rings (SSSR count). The molecule has 6 nitrogen and oxygen atoms in total. The number of benzene rings is 2. The third-order valence-corrected chi connectivity index (χ3v) is 8.23. The normalized spacial score (nSPS) is 17.9. The summed E-state index contributed by atoms with van der Waals surface area (Å²) >= 11 is 1.36. The zero-order chi connectivity index (χ0) is 21.5. The number of rotatable bonds is 4. The van der Waals surface area contributed by atoms with Crippen LogP contribution >= 0.6 is 11.3 Å². The lowest BCUT2D eigenvalue weighted by Gasteiger charge is -2.32. The van der Waals surface area contributed by atoms with E-state index in [0.717, 1.165) is 16.2 Å². The molecule has 1 aliphatic heterocycles. The van der Waals surface area contributed by atoms with Crippen molar-refractivity contribution in [2.45, 2.75) is 17.9 Å². The summed E-state index contributed by atoms with van der Waals surface area (Å²) in [6.45, 7) is 1.99. The SMILES string of the molecule is CNC(=O)c1sc2ccccc2c1C1CN(S(=O)(=O)c2ccc(F)c(C)c2)CCO1. The number of halogens is 1. The van der Waals surface area contributed by atoms with Crippen molar-refractivity contribution in [3.63, 3.8) is 0 Å². The Morgan fingerprint density at radius 2 is 2.03 bits per heavy atom. The molecular formula is C21H21FN2O4S2. The van der Waals surface area contributed by atoms with Gasteiger partial charge in [-0.15, -0.1) is 11.3 Å². The molecule has 1 amide bonds. The van der Waals surface area contributed by atoms with Crippen LogP contribution in [0.2, 0.25) is 0 Å². The zero-order valence-corrected chi connectivity index (χ0v) is 18.1. The Balaban J connectivity index is 1.73.